The highest BCUT2D eigenvalue weighted by molar-refractivity contribution is 5.97. The molecular formula is C21H21NO3. The smallest absolute Gasteiger partial charge is 0.335 e. The molecule has 1 atom stereocenters. The first-order valence-electron chi connectivity index (χ1n) is 8.45. The number of rotatable bonds is 4. The summed E-state index contributed by atoms with van der Waals surface area (Å²) in [7, 11) is 0. The molecule has 1 amide bonds. The minimum Gasteiger partial charge on any atom is -0.478 e. The van der Waals surface area contributed by atoms with Gasteiger partial charge in [0.2, 0.25) is 5.91 Å². The van der Waals surface area contributed by atoms with Crippen molar-refractivity contribution in [2.45, 2.75) is 25.7 Å². The molecule has 0 aliphatic carbocycles. The fraction of sp³-hybridized carbons (Fsp3) is 0.238. The minimum absolute atomic E-state index is 0.0427. The fourth-order valence-electron chi connectivity index (χ4n) is 3.30. The van der Waals surface area contributed by atoms with Crippen LogP contribution in [0.5, 0.6) is 0 Å². The molecule has 128 valence electrons. The molecule has 1 aliphatic heterocycles. The van der Waals surface area contributed by atoms with Crippen molar-refractivity contribution in [2.24, 2.45) is 0 Å². The van der Waals surface area contributed by atoms with Crippen molar-refractivity contribution < 1.29 is 14.7 Å². The Bertz CT molecular complexity index is 811. The quantitative estimate of drug-likeness (QED) is 0.905. The number of carboxylic acid groups (broad SMARTS) is 1. The lowest BCUT2D eigenvalue weighted by atomic mass is 9.90. The van der Waals surface area contributed by atoms with Gasteiger partial charge in [-0.2, -0.15) is 0 Å². The molecule has 1 unspecified atom stereocenters. The number of piperidine rings is 1. The first kappa shape index (κ1) is 17.0. The molecular weight excluding hydrogens is 314 g/mol. The van der Waals surface area contributed by atoms with Crippen molar-refractivity contribution in [3.63, 3.8) is 0 Å². The van der Waals surface area contributed by atoms with E-state index in [1.165, 1.54) is 5.56 Å². The normalized spacial score (nSPS) is 17.9. The standard InChI is InChI=1S/C21H21NO3/c1-2-6-15-11-18(21(24)25)13-19(12-15)22-14-17(9-10-20(22)23)16-7-4-3-5-8-16/h2-8,11-13,17H,9-10,14H2,1H3,(H,24,25). The van der Waals surface area contributed by atoms with Crippen LogP contribution in [0.2, 0.25) is 0 Å². The van der Waals surface area contributed by atoms with Crippen LogP contribution in [0.4, 0.5) is 5.69 Å². The highest BCUT2D eigenvalue weighted by Gasteiger charge is 2.28. The van der Waals surface area contributed by atoms with Gasteiger partial charge in [-0.1, -0.05) is 42.5 Å². The summed E-state index contributed by atoms with van der Waals surface area (Å²) in [5, 5.41) is 9.37. The van der Waals surface area contributed by atoms with Crippen molar-refractivity contribution in [3.8, 4) is 0 Å². The average molecular weight is 335 g/mol. The zero-order chi connectivity index (χ0) is 17.8. The Morgan fingerprint density at radius 2 is 1.96 bits per heavy atom. The summed E-state index contributed by atoms with van der Waals surface area (Å²) in [6.45, 7) is 2.45. The number of carbonyl (C=O) groups is 2. The average Bonchev–Trinajstić information content (AvgIpc) is 2.63. The molecule has 0 bridgehead atoms. The Morgan fingerprint density at radius 1 is 1.20 bits per heavy atom. The molecule has 4 heteroatoms. The van der Waals surface area contributed by atoms with Crippen molar-refractivity contribution >= 4 is 23.6 Å². The number of carbonyl (C=O) groups excluding carboxylic acids is 1. The van der Waals surface area contributed by atoms with Gasteiger partial charge in [-0.15, -0.1) is 0 Å². The summed E-state index contributed by atoms with van der Waals surface area (Å²) in [6, 6.07) is 15.2. The lowest BCUT2D eigenvalue weighted by Gasteiger charge is -2.33. The van der Waals surface area contributed by atoms with E-state index in [9.17, 15) is 14.7 Å². The number of benzene rings is 2. The third-order valence-electron chi connectivity index (χ3n) is 4.54. The van der Waals surface area contributed by atoms with Crippen LogP contribution in [0.1, 0.15) is 47.2 Å². The number of carboxylic acids is 1. The molecule has 4 nitrogen and oxygen atoms in total. The van der Waals surface area contributed by atoms with E-state index in [1.54, 1.807) is 17.0 Å². The van der Waals surface area contributed by atoms with E-state index in [0.717, 1.165) is 12.0 Å². The van der Waals surface area contributed by atoms with Crippen molar-refractivity contribution in [1.29, 1.82) is 0 Å². The molecule has 2 aromatic rings. The lowest BCUT2D eigenvalue weighted by molar-refractivity contribution is -0.119. The molecule has 0 spiro atoms. The topological polar surface area (TPSA) is 57.6 Å². The van der Waals surface area contributed by atoms with E-state index in [2.05, 4.69) is 12.1 Å². The van der Waals surface area contributed by atoms with Crippen LogP contribution >= 0.6 is 0 Å². The van der Waals surface area contributed by atoms with Gasteiger partial charge in [-0.25, -0.2) is 4.79 Å². The highest BCUT2D eigenvalue weighted by atomic mass is 16.4. The summed E-state index contributed by atoms with van der Waals surface area (Å²) in [4.78, 5) is 25.6. The number of anilines is 1. The Morgan fingerprint density at radius 3 is 2.64 bits per heavy atom. The van der Waals surface area contributed by atoms with Crippen LogP contribution in [0.25, 0.3) is 6.08 Å². The Kier molecular flexibility index (Phi) is 4.98. The SMILES string of the molecule is CC=Cc1cc(C(=O)O)cc(N2CC(c3ccccc3)CCC2=O)c1. The Hall–Kier alpha value is -2.88. The summed E-state index contributed by atoms with van der Waals surface area (Å²) < 4.78 is 0. The monoisotopic (exact) mass is 335 g/mol. The van der Waals surface area contributed by atoms with Gasteiger partial charge in [0.05, 0.1) is 5.56 Å². The number of allylic oxidation sites excluding steroid dienone is 1. The molecule has 2 aromatic carbocycles. The van der Waals surface area contributed by atoms with E-state index in [-0.39, 0.29) is 17.4 Å². The van der Waals surface area contributed by atoms with Gasteiger partial charge in [0.1, 0.15) is 0 Å². The van der Waals surface area contributed by atoms with Crippen molar-refractivity contribution in [3.05, 3.63) is 71.3 Å². The Labute approximate surface area is 147 Å². The summed E-state index contributed by atoms with van der Waals surface area (Å²) >= 11 is 0. The van der Waals surface area contributed by atoms with Gasteiger partial charge in [-0.3, -0.25) is 4.79 Å². The molecule has 0 radical (unpaired) electrons. The van der Waals surface area contributed by atoms with E-state index in [4.69, 9.17) is 0 Å². The fourth-order valence-corrected chi connectivity index (χ4v) is 3.30. The molecule has 25 heavy (non-hydrogen) atoms. The number of nitrogens with zero attached hydrogens (tertiary/aromatic N) is 1. The Balaban J connectivity index is 1.95. The maximum atomic E-state index is 12.5. The highest BCUT2D eigenvalue weighted by Crippen LogP contribution is 2.31. The molecule has 1 aliphatic rings. The van der Waals surface area contributed by atoms with Crippen LogP contribution in [-0.2, 0) is 4.79 Å². The van der Waals surface area contributed by atoms with E-state index < -0.39 is 5.97 Å². The second-order valence-electron chi connectivity index (χ2n) is 6.27. The van der Waals surface area contributed by atoms with E-state index in [0.29, 0.717) is 18.7 Å². The van der Waals surface area contributed by atoms with Gasteiger partial charge in [0.15, 0.2) is 0 Å². The predicted molar refractivity (Wildman–Crippen MR) is 98.9 cm³/mol. The number of hydrogen-bond acceptors (Lipinski definition) is 2. The van der Waals surface area contributed by atoms with Gasteiger partial charge in [-0.05, 0) is 42.7 Å². The van der Waals surface area contributed by atoms with E-state index >= 15 is 0 Å². The summed E-state index contributed by atoms with van der Waals surface area (Å²) in [6.07, 6.45) is 4.99. The van der Waals surface area contributed by atoms with Crippen LogP contribution in [0, 0.1) is 0 Å². The number of hydrogen-bond donors (Lipinski definition) is 1. The molecule has 1 fully saturated rings. The molecule has 1 heterocycles. The first-order chi connectivity index (χ1) is 12.1. The lowest BCUT2D eigenvalue weighted by Crippen LogP contribution is -2.39. The minimum atomic E-state index is -0.989. The third kappa shape index (κ3) is 3.79. The first-order valence-corrected chi connectivity index (χ1v) is 8.45. The molecule has 0 aromatic heterocycles. The maximum Gasteiger partial charge on any atom is 0.335 e. The molecule has 1 N–H and O–H groups in total. The second-order valence-corrected chi connectivity index (χ2v) is 6.27. The van der Waals surface area contributed by atoms with Gasteiger partial charge in [0, 0.05) is 24.6 Å². The maximum absolute atomic E-state index is 12.5. The van der Waals surface area contributed by atoms with Crippen molar-refractivity contribution in [2.75, 3.05) is 11.4 Å². The van der Waals surface area contributed by atoms with E-state index in [1.807, 2.05) is 43.3 Å². The number of aromatic carboxylic acids is 1. The largest absolute Gasteiger partial charge is 0.478 e. The molecule has 0 saturated carbocycles. The van der Waals surface area contributed by atoms with Crippen LogP contribution in [0.15, 0.2) is 54.6 Å². The van der Waals surface area contributed by atoms with Gasteiger partial charge in [0.25, 0.3) is 0 Å². The van der Waals surface area contributed by atoms with Crippen LogP contribution < -0.4 is 4.90 Å². The van der Waals surface area contributed by atoms with Crippen LogP contribution in [-0.4, -0.2) is 23.5 Å². The second kappa shape index (κ2) is 7.34. The number of amides is 1. The predicted octanol–water partition coefficient (Wildman–Crippen LogP) is 4.33. The van der Waals surface area contributed by atoms with Gasteiger partial charge < -0.3 is 10.0 Å². The zero-order valence-electron chi connectivity index (χ0n) is 14.2. The zero-order valence-corrected chi connectivity index (χ0v) is 14.2. The van der Waals surface area contributed by atoms with Crippen LogP contribution in [0.3, 0.4) is 0 Å². The summed E-state index contributed by atoms with van der Waals surface area (Å²) in [5.41, 5.74) is 2.84. The van der Waals surface area contributed by atoms with Crippen molar-refractivity contribution in [1.82, 2.24) is 0 Å². The third-order valence-corrected chi connectivity index (χ3v) is 4.54. The molecule has 1 saturated heterocycles. The summed E-state index contributed by atoms with van der Waals surface area (Å²) in [5.74, 6) is -0.685. The molecule has 3 rings (SSSR count). The van der Waals surface area contributed by atoms with Gasteiger partial charge >= 0.3 is 5.97 Å².